The van der Waals surface area contributed by atoms with Crippen molar-refractivity contribution in [2.75, 3.05) is 20.3 Å². The van der Waals surface area contributed by atoms with E-state index in [4.69, 9.17) is 37.4 Å². The average molecular weight is 559 g/mol. The molecule has 1 saturated carbocycles. The Kier molecular flexibility index (Phi) is 10.4. The topological polar surface area (TPSA) is 85.9 Å². The van der Waals surface area contributed by atoms with Gasteiger partial charge in [0.2, 0.25) is 0 Å². The molecular formula is C26H30Cl2F2N2O5. The summed E-state index contributed by atoms with van der Waals surface area (Å²) in [6, 6.07) is 7.63. The SMILES string of the molecule is CCCC1(NC(=O)COc2ccc(Cl)c(F)c2)CCC(NC(=O)COc2ccc(Cl)c(F)c2)C(OC)C1. The number of methoxy groups -OCH3 is 1. The van der Waals surface area contributed by atoms with E-state index >= 15 is 0 Å². The molecule has 0 aliphatic heterocycles. The molecule has 3 rings (SSSR count). The largest absolute Gasteiger partial charge is 0.484 e. The Morgan fingerprint density at radius 1 is 1.00 bits per heavy atom. The predicted octanol–water partition coefficient (Wildman–Crippen LogP) is 5.07. The first kappa shape index (κ1) is 28.9. The maximum Gasteiger partial charge on any atom is 0.258 e. The highest BCUT2D eigenvalue weighted by molar-refractivity contribution is 6.31. The maximum absolute atomic E-state index is 13.6. The Balaban J connectivity index is 1.54. The van der Waals surface area contributed by atoms with E-state index in [0.29, 0.717) is 25.7 Å². The third-order valence-corrected chi connectivity index (χ3v) is 6.89. The van der Waals surface area contributed by atoms with E-state index in [9.17, 15) is 18.4 Å². The quantitative estimate of drug-likeness (QED) is 0.402. The van der Waals surface area contributed by atoms with E-state index in [-0.39, 0.29) is 58.7 Å². The van der Waals surface area contributed by atoms with Gasteiger partial charge in [0.1, 0.15) is 23.1 Å². The summed E-state index contributed by atoms with van der Waals surface area (Å²) in [5, 5.41) is 5.93. The molecule has 3 atom stereocenters. The van der Waals surface area contributed by atoms with E-state index in [2.05, 4.69) is 10.6 Å². The molecule has 2 aromatic rings. The number of hydrogen-bond acceptors (Lipinski definition) is 5. The molecule has 0 aromatic heterocycles. The molecule has 0 radical (unpaired) electrons. The third-order valence-electron chi connectivity index (χ3n) is 6.28. The van der Waals surface area contributed by atoms with E-state index in [1.807, 2.05) is 6.92 Å². The standard InChI is InChI=1S/C26H30Cl2F2N2O5/c1-3-9-26(32-25(34)15-37-17-5-7-19(28)21(30)12-17)10-8-22(23(13-26)35-2)31-24(33)14-36-16-4-6-18(27)20(29)11-16/h4-7,11-12,22-23H,3,8-10,13-15H2,1-2H3,(H,31,33)(H,32,34). The molecule has 0 bridgehead atoms. The van der Waals surface area contributed by atoms with Crippen LogP contribution in [0.25, 0.3) is 0 Å². The lowest BCUT2D eigenvalue weighted by Crippen LogP contribution is -2.59. The van der Waals surface area contributed by atoms with Crippen LogP contribution in [0.3, 0.4) is 0 Å². The third kappa shape index (κ3) is 8.18. The first-order chi connectivity index (χ1) is 17.6. The zero-order valence-corrected chi connectivity index (χ0v) is 22.1. The van der Waals surface area contributed by atoms with Crippen molar-refractivity contribution in [3.8, 4) is 11.5 Å². The first-order valence-electron chi connectivity index (χ1n) is 11.9. The molecule has 202 valence electrons. The van der Waals surface area contributed by atoms with Gasteiger partial charge >= 0.3 is 0 Å². The van der Waals surface area contributed by atoms with Crippen molar-refractivity contribution in [2.45, 2.75) is 56.7 Å². The second-order valence-corrected chi connectivity index (χ2v) is 9.81. The smallest absolute Gasteiger partial charge is 0.258 e. The molecule has 3 unspecified atom stereocenters. The number of amides is 2. The highest BCUT2D eigenvalue weighted by Crippen LogP contribution is 2.34. The van der Waals surface area contributed by atoms with Crippen LogP contribution in [-0.2, 0) is 14.3 Å². The van der Waals surface area contributed by atoms with E-state index in [0.717, 1.165) is 18.6 Å². The maximum atomic E-state index is 13.6. The molecule has 0 heterocycles. The summed E-state index contributed by atoms with van der Waals surface area (Å²) < 4.78 is 43.7. The fourth-order valence-electron chi connectivity index (χ4n) is 4.55. The van der Waals surface area contributed by atoms with E-state index in [1.54, 1.807) is 7.11 Å². The second-order valence-electron chi connectivity index (χ2n) is 9.00. The summed E-state index contributed by atoms with van der Waals surface area (Å²) >= 11 is 11.3. The monoisotopic (exact) mass is 558 g/mol. The molecule has 1 aliphatic rings. The molecule has 2 aromatic carbocycles. The van der Waals surface area contributed by atoms with E-state index < -0.39 is 17.2 Å². The molecule has 11 heteroatoms. The average Bonchev–Trinajstić information content (AvgIpc) is 2.86. The highest BCUT2D eigenvalue weighted by atomic mass is 35.5. The Hall–Kier alpha value is -2.62. The van der Waals surface area contributed by atoms with Crippen LogP contribution in [0.4, 0.5) is 8.78 Å². The lowest BCUT2D eigenvalue weighted by atomic mass is 9.75. The van der Waals surface area contributed by atoms with Crippen molar-refractivity contribution in [3.63, 3.8) is 0 Å². The van der Waals surface area contributed by atoms with Gasteiger partial charge in [0.05, 0.1) is 22.2 Å². The number of ether oxygens (including phenoxy) is 3. The van der Waals surface area contributed by atoms with Gasteiger partial charge in [0.25, 0.3) is 11.8 Å². The van der Waals surface area contributed by atoms with Crippen LogP contribution in [0.2, 0.25) is 10.0 Å². The Bertz CT molecular complexity index is 1110. The number of carbonyl (C=O) groups is 2. The molecule has 37 heavy (non-hydrogen) atoms. The van der Waals surface area contributed by atoms with Crippen LogP contribution in [0.1, 0.15) is 39.0 Å². The van der Waals surface area contributed by atoms with Crippen LogP contribution < -0.4 is 20.1 Å². The molecule has 2 amide bonds. The summed E-state index contributed by atoms with van der Waals surface area (Å²) in [7, 11) is 1.55. The minimum absolute atomic E-state index is 0.0291. The minimum atomic E-state index is -0.633. The molecule has 0 saturated heterocycles. The van der Waals surface area contributed by atoms with E-state index in [1.165, 1.54) is 24.3 Å². The van der Waals surface area contributed by atoms with Gasteiger partial charge in [-0.2, -0.15) is 0 Å². The van der Waals surface area contributed by atoms with Crippen molar-refractivity contribution >= 4 is 35.0 Å². The fraction of sp³-hybridized carbons (Fsp3) is 0.462. The molecule has 1 fully saturated rings. The van der Waals surface area contributed by atoms with Gasteiger partial charge in [-0.3, -0.25) is 9.59 Å². The van der Waals surface area contributed by atoms with Gasteiger partial charge in [-0.25, -0.2) is 8.78 Å². The van der Waals surface area contributed by atoms with Crippen molar-refractivity contribution in [3.05, 3.63) is 58.1 Å². The van der Waals surface area contributed by atoms with Crippen molar-refractivity contribution in [1.29, 1.82) is 0 Å². The van der Waals surface area contributed by atoms with Crippen molar-refractivity contribution in [2.24, 2.45) is 0 Å². The van der Waals surface area contributed by atoms with Gasteiger partial charge < -0.3 is 24.8 Å². The van der Waals surface area contributed by atoms with Crippen molar-refractivity contribution < 1.29 is 32.6 Å². The summed E-state index contributed by atoms with van der Waals surface area (Å²) in [5.41, 5.74) is -0.542. The van der Waals surface area contributed by atoms with Crippen molar-refractivity contribution in [1.82, 2.24) is 10.6 Å². The van der Waals surface area contributed by atoms with Crippen LogP contribution in [-0.4, -0.2) is 49.8 Å². The summed E-state index contributed by atoms with van der Waals surface area (Å²) in [6.07, 6.45) is 2.82. The zero-order valence-electron chi connectivity index (χ0n) is 20.6. The Labute approximate surface area is 224 Å². The van der Waals surface area contributed by atoms with Gasteiger partial charge in [0.15, 0.2) is 13.2 Å². The van der Waals surface area contributed by atoms with Crippen LogP contribution in [0.15, 0.2) is 36.4 Å². The molecule has 1 aliphatic carbocycles. The van der Waals surface area contributed by atoms with Crippen LogP contribution >= 0.6 is 23.2 Å². The molecule has 7 nitrogen and oxygen atoms in total. The summed E-state index contributed by atoms with van der Waals surface area (Å²) in [6.45, 7) is 1.44. The van der Waals surface area contributed by atoms with Crippen LogP contribution in [0.5, 0.6) is 11.5 Å². The molecule has 2 N–H and O–H groups in total. The summed E-state index contributed by atoms with van der Waals surface area (Å²) in [5.74, 6) is -1.59. The molecule has 0 spiro atoms. The summed E-state index contributed by atoms with van der Waals surface area (Å²) in [4.78, 5) is 25.2. The lowest BCUT2D eigenvalue weighted by molar-refractivity contribution is -0.129. The Morgan fingerprint density at radius 3 is 2.08 bits per heavy atom. The zero-order chi connectivity index (χ0) is 27.0. The second kappa shape index (κ2) is 13.3. The number of hydrogen-bond donors (Lipinski definition) is 2. The van der Waals surface area contributed by atoms with Gasteiger partial charge in [0, 0.05) is 24.8 Å². The fourth-order valence-corrected chi connectivity index (χ4v) is 4.79. The number of carbonyl (C=O) groups excluding carboxylic acids is 2. The number of halogens is 4. The highest BCUT2D eigenvalue weighted by Gasteiger charge is 2.42. The normalized spacial score (nSPS) is 21.2. The first-order valence-corrected chi connectivity index (χ1v) is 12.7. The lowest BCUT2D eigenvalue weighted by Gasteiger charge is -2.45. The number of nitrogens with one attached hydrogen (secondary N) is 2. The molecular weight excluding hydrogens is 529 g/mol. The minimum Gasteiger partial charge on any atom is -0.484 e. The number of benzene rings is 2. The Morgan fingerprint density at radius 2 is 1.57 bits per heavy atom. The van der Waals surface area contributed by atoms with Gasteiger partial charge in [-0.1, -0.05) is 36.5 Å². The predicted molar refractivity (Wildman–Crippen MR) is 136 cm³/mol. The van der Waals surface area contributed by atoms with Gasteiger partial charge in [-0.05, 0) is 49.9 Å². The van der Waals surface area contributed by atoms with Crippen LogP contribution in [0, 0.1) is 11.6 Å². The number of rotatable bonds is 11. The van der Waals surface area contributed by atoms with Gasteiger partial charge in [-0.15, -0.1) is 0 Å².